The number of fused-ring (bicyclic) bond motifs is 1. The Bertz CT molecular complexity index is 1220. The molecule has 3 N–H and O–H groups in total. The quantitative estimate of drug-likeness (QED) is 0.271. The lowest BCUT2D eigenvalue weighted by Crippen LogP contribution is -2.20. The van der Waals surface area contributed by atoms with Crippen LogP contribution in [-0.2, 0) is 17.8 Å². The number of carbonyl (C=O) groups is 1. The Morgan fingerprint density at radius 2 is 1.79 bits per heavy atom. The van der Waals surface area contributed by atoms with E-state index < -0.39 is 0 Å². The van der Waals surface area contributed by atoms with Crippen LogP contribution in [0, 0.1) is 6.92 Å². The van der Waals surface area contributed by atoms with E-state index in [1.54, 1.807) is 7.11 Å². The molecular weight excluding hydrogens is 450 g/mol. The van der Waals surface area contributed by atoms with Gasteiger partial charge in [-0.05, 0) is 61.3 Å². The van der Waals surface area contributed by atoms with Crippen molar-refractivity contribution >= 4 is 34.9 Å². The summed E-state index contributed by atoms with van der Waals surface area (Å²) in [6, 6.07) is 21.7. The predicted molar refractivity (Wildman–Crippen MR) is 139 cm³/mol. The zero-order chi connectivity index (χ0) is 23.0. The molecule has 0 aliphatic carbocycles. The van der Waals surface area contributed by atoms with Crippen LogP contribution in [0.4, 0.5) is 5.69 Å². The fourth-order valence-electron chi connectivity index (χ4n) is 3.71. The van der Waals surface area contributed by atoms with Crippen LogP contribution in [0.1, 0.15) is 16.7 Å². The number of hydrogen-bond donors (Lipinski definition) is 3. The summed E-state index contributed by atoms with van der Waals surface area (Å²) < 4.78 is 11.2. The summed E-state index contributed by atoms with van der Waals surface area (Å²) in [6.45, 7) is 3.49. The van der Waals surface area contributed by atoms with Crippen molar-refractivity contribution in [1.29, 1.82) is 0 Å². The molecule has 0 radical (unpaired) electrons. The second kappa shape index (κ2) is 12.1. The molecule has 3 aromatic carbocycles. The van der Waals surface area contributed by atoms with Crippen molar-refractivity contribution in [2.24, 2.45) is 0 Å². The molecule has 0 unspecified atom stereocenters. The van der Waals surface area contributed by atoms with E-state index in [1.807, 2.05) is 55.5 Å². The summed E-state index contributed by atoms with van der Waals surface area (Å²) in [6.07, 6.45) is 3.02. The maximum Gasteiger partial charge on any atom is 0.262 e. The number of halogens is 1. The average molecular weight is 480 g/mol. The van der Waals surface area contributed by atoms with Gasteiger partial charge < -0.3 is 25.1 Å². The molecule has 0 saturated heterocycles. The van der Waals surface area contributed by atoms with Gasteiger partial charge in [0.2, 0.25) is 0 Å². The van der Waals surface area contributed by atoms with Crippen molar-refractivity contribution in [2.45, 2.75) is 19.9 Å². The Balaban J connectivity index is 0.00000324. The molecule has 0 aliphatic heterocycles. The molecule has 4 aromatic rings. The van der Waals surface area contributed by atoms with Gasteiger partial charge in [-0.3, -0.25) is 4.79 Å². The van der Waals surface area contributed by atoms with Gasteiger partial charge in [-0.2, -0.15) is 0 Å². The van der Waals surface area contributed by atoms with Crippen LogP contribution < -0.4 is 20.1 Å². The molecule has 1 aromatic heterocycles. The molecule has 1 amide bonds. The van der Waals surface area contributed by atoms with E-state index in [0.29, 0.717) is 18.0 Å². The highest BCUT2D eigenvalue weighted by molar-refractivity contribution is 5.91. The zero-order valence-corrected chi connectivity index (χ0v) is 20.2. The summed E-state index contributed by atoms with van der Waals surface area (Å²) in [7, 11) is 1.60. The van der Waals surface area contributed by atoms with Crippen LogP contribution in [0.15, 0.2) is 72.9 Å². The third-order valence-electron chi connectivity index (χ3n) is 5.50. The minimum absolute atomic E-state index is 0. The number of para-hydroxylation sites is 1. The van der Waals surface area contributed by atoms with Gasteiger partial charge in [-0.25, -0.2) is 0 Å². The third kappa shape index (κ3) is 6.53. The maximum absolute atomic E-state index is 12.2. The van der Waals surface area contributed by atoms with Gasteiger partial charge in [0.15, 0.2) is 18.1 Å². The van der Waals surface area contributed by atoms with Crippen molar-refractivity contribution in [3.63, 3.8) is 0 Å². The van der Waals surface area contributed by atoms with Crippen molar-refractivity contribution in [3.05, 3.63) is 89.6 Å². The van der Waals surface area contributed by atoms with Crippen LogP contribution in [0.25, 0.3) is 10.9 Å². The van der Waals surface area contributed by atoms with E-state index in [0.717, 1.165) is 29.8 Å². The second-order valence-electron chi connectivity index (χ2n) is 7.97. The first-order chi connectivity index (χ1) is 16.1. The zero-order valence-electron chi connectivity index (χ0n) is 19.4. The van der Waals surface area contributed by atoms with Gasteiger partial charge >= 0.3 is 0 Å². The number of aromatic nitrogens is 1. The lowest BCUT2D eigenvalue weighted by atomic mass is 10.1. The number of ether oxygens (including phenoxy) is 2. The predicted octanol–water partition coefficient (Wildman–Crippen LogP) is 5.26. The van der Waals surface area contributed by atoms with E-state index in [-0.39, 0.29) is 24.9 Å². The Hall–Kier alpha value is -3.48. The van der Waals surface area contributed by atoms with E-state index in [9.17, 15) is 4.79 Å². The molecule has 7 heteroatoms. The lowest BCUT2D eigenvalue weighted by molar-refractivity contribution is -0.118. The molecule has 0 fully saturated rings. The minimum Gasteiger partial charge on any atom is -0.493 e. The number of rotatable bonds is 10. The number of aromatic amines is 1. The van der Waals surface area contributed by atoms with Gasteiger partial charge in [0.05, 0.1) is 7.11 Å². The largest absolute Gasteiger partial charge is 0.493 e. The van der Waals surface area contributed by atoms with Crippen LogP contribution in [0.3, 0.4) is 0 Å². The van der Waals surface area contributed by atoms with E-state index in [4.69, 9.17) is 9.47 Å². The fraction of sp³-hybridized carbons (Fsp3) is 0.222. The smallest absolute Gasteiger partial charge is 0.262 e. The summed E-state index contributed by atoms with van der Waals surface area (Å²) >= 11 is 0. The van der Waals surface area contributed by atoms with Gasteiger partial charge in [-0.1, -0.05) is 42.0 Å². The minimum atomic E-state index is -0.219. The number of benzene rings is 3. The summed E-state index contributed by atoms with van der Waals surface area (Å²) in [5.74, 6) is 0.928. The number of nitrogens with one attached hydrogen (secondary N) is 3. The van der Waals surface area contributed by atoms with Gasteiger partial charge in [0.1, 0.15) is 0 Å². The van der Waals surface area contributed by atoms with Crippen molar-refractivity contribution in [1.82, 2.24) is 10.3 Å². The standard InChI is InChI=1S/C27H29N3O3.ClH/c1-19-7-10-22(11-8-19)30-27(31)18-33-25-12-9-20(15-26(25)32-2)16-28-14-13-21-17-29-24-6-4-3-5-23(21)24;/h3-12,15,17,28-29H,13-14,16,18H2,1-2H3,(H,30,31);1H. The first-order valence-corrected chi connectivity index (χ1v) is 11.0. The Morgan fingerprint density at radius 3 is 2.59 bits per heavy atom. The van der Waals surface area contributed by atoms with Crippen LogP contribution >= 0.6 is 12.4 Å². The highest BCUT2D eigenvalue weighted by atomic mass is 35.5. The second-order valence-corrected chi connectivity index (χ2v) is 7.97. The first-order valence-electron chi connectivity index (χ1n) is 11.0. The number of hydrogen-bond acceptors (Lipinski definition) is 4. The molecule has 6 nitrogen and oxygen atoms in total. The molecule has 0 atom stereocenters. The van der Waals surface area contributed by atoms with E-state index in [2.05, 4.69) is 40.0 Å². The topological polar surface area (TPSA) is 75.4 Å². The van der Waals surface area contributed by atoms with Gasteiger partial charge in [-0.15, -0.1) is 12.4 Å². The molecule has 0 saturated carbocycles. The molecule has 0 bridgehead atoms. The normalized spacial score (nSPS) is 10.5. The Morgan fingerprint density at radius 1 is 1.00 bits per heavy atom. The van der Waals surface area contributed by atoms with E-state index in [1.165, 1.54) is 16.5 Å². The van der Waals surface area contributed by atoms with Crippen LogP contribution in [0.5, 0.6) is 11.5 Å². The number of anilines is 1. The molecule has 4 rings (SSSR count). The van der Waals surface area contributed by atoms with Gasteiger partial charge in [0.25, 0.3) is 5.91 Å². The monoisotopic (exact) mass is 479 g/mol. The SMILES string of the molecule is COc1cc(CNCCc2c[nH]c3ccccc23)ccc1OCC(=O)Nc1ccc(C)cc1.Cl. The fourth-order valence-corrected chi connectivity index (χ4v) is 3.71. The van der Waals surface area contributed by atoms with Crippen molar-refractivity contribution < 1.29 is 14.3 Å². The van der Waals surface area contributed by atoms with E-state index >= 15 is 0 Å². The van der Waals surface area contributed by atoms with Crippen molar-refractivity contribution in [3.8, 4) is 11.5 Å². The molecule has 34 heavy (non-hydrogen) atoms. The average Bonchev–Trinajstić information content (AvgIpc) is 3.25. The number of H-pyrrole nitrogens is 1. The van der Waals surface area contributed by atoms with Crippen LogP contribution in [0.2, 0.25) is 0 Å². The molecule has 1 heterocycles. The number of methoxy groups -OCH3 is 1. The highest BCUT2D eigenvalue weighted by Gasteiger charge is 2.09. The molecule has 0 aliphatic rings. The molecule has 178 valence electrons. The first kappa shape index (κ1) is 25.1. The molecular formula is C27H30ClN3O3. The highest BCUT2D eigenvalue weighted by Crippen LogP contribution is 2.28. The Kier molecular flexibility index (Phi) is 8.96. The lowest BCUT2D eigenvalue weighted by Gasteiger charge is -2.13. The summed E-state index contributed by atoms with van der Waals surface area (Å²) in [5.41, 5.74) is 5.45. The number of amides is 1. The Labute approximate surface area is 206 Å². The maximum atomic E-state index is 12.2. The van der Waals surface area contributed by atoms with Gasteiger partial charge in [0, 0.05) is 29.3 Å². The summed E-state index contributed by atoms with van der Waals surface area (Å²) in [4.78, 5) is 15.5. The van der Waals surface area contributed by atoms with Crippen molar-refractivity contribution in [2.75, 3.05) is 25.6 Å². The molecule has 0 spiro atoms. The third-order valence-corrected chi connectivity index (χ3v) is 5.50. The summed E-state index contributed by atoms with van der Waals surface area (Å²) in [5, 5.41) is 7.58. The number of carbonyl (C=O) groups excluding carboxylic acids is 1. The number of aryl methyl sites for hydroxylation is 1. The van der Waals surface area contributed by atoms with Crippen LogP contribution in [-0.4, -0.2) is 31.2 Å².